The molecule has 2 rings (SSSR count). The highest BCUT2D eigenvalue weighted by Crippen LogP contribution is 2.12. The third-order valence-electron chi connectivity index (χ3n) is 3.00. The summed E-state index contributed by atoms with van der Waals surface area (Å²) in [5, 5.41) is 0. The summed E-state index contributed by atoms with van der Waals surface area (Å²) >= 11 is 0. The van der Waals surface area contributed by atoms with E-state index in [0.29, 0.717) is 19.5 Å². The second kappa shape index (κ2) is 6.17. The maximum absolute atomic E-state index is 12.1. The third-order valence-corrected chi connectivity index (χ3v) is 4.43. The van der Waals surface area contributed by atoms with Crippen molar-refractivity contribution in [1.82, 2.24) is 14.3 Å². The number of aryl methyl sites for hydroxylation is 1. The Morgan fingerprint density at radius 3 is 2.80 bits per heavy atom. The molecule has 0 bridgehead atoms. The standard InChI is InChI=1S/C13H18N4O2S/c1-17-10-13(8-12(17)9-14)20(18,19)16-7-5-11-4-2-3-6-15-11/h2-4,6,8,10,16H,5,7,9,14H2,1H3. The number of rotatable bonds is 6. The van der Waals surface area contributed by atoms with Gasteiger partial charge >= 0.3 is 0 Å². The van der Waals surface area contributed by atoms with Crippen molar-refractivity contribution in [2.75, 3.05) is 6.54 Å². The normalized spacial score (nSPS) is 11.7. The highest BCUT2D eigenvalue weighted by Gasteiger charge is 2.16. The van der Waals surface area contributed by atoms with E-state index in [-0.39, 0.29) is 4.90 Å². The topological polar surface area (TPSA) is 90.0 Å². The van der Waals surface area contributed by atoms with E-state index in [1.807, 2.05) is 18.2 Å². The summed E-state index contributed by atoms with van der Waals surface area (Å²) in [6.45, 7) is 0.617. The number of nitrogens with two attached hydrogens (primary N) is 1. The van der Waals surface area contributed by atoms with Gasteiger partial charge < -0.3 is 10.3 Å². The fourth-order valence-corrected chi connectivity index (χ4v) is 3.00. The minimum Gasteiger partial charge on any atom is -0.352 e. The first-order chi connectivity index (χ1) is 9.53. The van der Waals surface area contributed by atoms with Crippen LogP contribution in [-0.2, 0) is 30.0 Å². The molecule has 7 heteroatoms. The summed E-state index contributed by atoms with van der Waals surface area (Å²) in [6, 6.07) is 7.15. The smallest absolute Gasteiger partial charge is 0.242 e. The number of aromatic nitrogens is 2. The Morgan fingerprint density at radius 2 is 2.20 bits per heavy atom. The minimum absolute atomic E-state index is 0.237. The Bertz CT molecular complexity index is 665. The maximum atomic E-state index is 12.1. The number of sulfonamides is 1. The molecule has 0 saturated heterocycles. The summed E-state index contributed by atoms with van der Waals surface area (Å²) in [7, 11) is -1.72. The highest BCUT2D eigenvalue weighted by molar-refractivity contribution is 7.89. The van der Waals surface area contributed by atoms with E-state index >= 15 is 0 Å². The lowest BCUT2D eigenvalue weighted by atomic mass is 10.3. The zero-order valence-corrected chi connectivity index (χ0v) is 12.1. The Hall–Kier alpha value is -1.70. The van der Waals surface area contributed by atoms with Gasteiger partial charge in [0, 0.05) is 50.3 Å². The predicted octanol–water partition coefficient (Wildman–Crippen LogP) is 0.400. The molecule has 2 heterocycles. The van der Waals surface area contributed by atoms with Crippen LogP contribution in [0.25, 0.3) is 0 Å². The molecule has 0 saturated carbocycles. The quantitative estimate of drug-likeness (QED) is 0.807. The molecule has 0 amide bonds. The van der Waals surface area contributed by atoms with Crippen molar-refractivity contribution < 1.29 is 8.42 Å². The summed E-state index contributed by atoms with van der Waals surface area (Å²) < 4.78 is 28.5. The first kappa shape index (κ1) is 14.7. The van der Waals surface area contributed by atoms with E-state index in [2.05, 4.69) is 9.71 Å². The molecule has 0 unspecified atom stereocenters. The molecule has 108 valence electrons. The van der Waals surface area contributed by atoms with E-state index in [1.165, 1.54) is 0 Å². The summed E-state index contributed by atoms with van der Waals surface area (Å²) in [6.07, 6.45) is 3.80. The van der Waals surface area contributed by atoms with Crippen molar-refractivity contribution >= 4 is 10.0 Å². The average Bonchev–Trinajstić information content (AvgIpc) is 2.82. The van der Waals surface area contributed by atoms with Gasteiger partial charge in [0.15, 0.2) is 0 Å². The molecule has 3 N–H and O–H groups in total. The molecule has 6 nitrogen and oxygen atoms in total. The van der Waals surface area contributed by atoms with Gasteiger partial charge in [-0.05, 0) is 18.2 Å². The molecule has 0 spiro atoms. The Morgan fingerprint density at radius 1 is 1.40 bits per heavy atom. The van der Waals surface area contributed by atoms with E-state index in [0.717, 1.165) is 11.4 Å². The largest absolute Gasteiger partial charge is 0.352 e. The molecular weight excluding hydrogens is 276 g/mol. The second-order valence-electron chi connectivity index (χ2n) is 4.45. The van der Waals surface area contributed by atoms with Gasteiger partial charge in [-0.1, -0.05) is 6.07 Å². The van der Waals surface area contributed by atoms with Crippen LogP contribution in [-0.4, -0.2) is 24.5 Å². The summed E-state index contributed by atoms with van der Waals surface area (Å²) in [4.78, 5) is 4.38. The molecule has 2 aromatic heterocycles. The predicted molar refractivity (Wildman–Crippen MR) is 76.4 cm³/mol. The lowest BCUT2D eigenvalue weighted by molar-refractivity contribution is 0.581. The molecule has 0 fully saturated rings. The van der Waals surface area contributed by atoms with Crippen LogP contribution in [0, 0.1) is 0 Å². The van der Waals surface area contributed by atoms with Crippen LogP contribution in [0.1, 0.15) is 11.4 Å². The van der Waals surface area contributed by atoms with E-state index in [4.69, 9.17) is 5.73 Å². The molecule has 0 aromatic carbocycles. The SMILES string of the molecule is Cn1cc(S(=O)(=O)NCCc2ccccn2)cc1CN. The molecule has 0 aliphatic rings. The second-order valence-corrected chi connectivity index (χ2v) is 6.22. The van der Waals surface area contributed by atoms with Gasteiger partial charge in [0.1, 0.15) is 0 Å². The molecule has 0 aliphatic carbocycles. The first-order valence-corrected chi connectivity index (χ1v) is 7.76. The number of hydrogen-bond donors (Lipinski definition) is 2. The Balaban J connectivity index is 2.00. The van der Waals surface area contributed by atoms with E-state index < -0.39 is 10.0 Å². The molecular formula is C13H18N4O2S. The zero-order chi connectivity index (χ0) is 14.6. The monoisotopic (exact) mass is 294 g/mol. The van der Waals surface area contributed by atoms with Gasteiger partial charge in [-0.2, -0.15) is 0 Å². The van der Waals surface area contributed by atoms with Gasteiger partial charge in [-0.3, -0.25) is 4.98 Å². The van der Waals surface area contributed by atoms with Crippen LogP contribution in [0.2, 0.25) is 0 Å². The van der Waals surface area contributed by atoms with Crippen LogP contribution in [0.5, 0.6) is 0 Å². The number of pyridine rings is 1. The summed E-state index contributed by atoms with van der Waals surface area (Å²) in [5.41, 5.74) is 7.17. The van der Waals surface area contributed by atoms with Crippen molar-refractivity contribution in [2.45, 2.75) is 17.9 Å². The van der Waals surface area contributed by atoms with Crippen LogP contribution in [0.3, 0.4) is 0 Å². The van der Waals surface area contributed by atoms with Crippen molar-refractivity contribution in [3.63, 3.8) is 0 Å². The lowest BCUT2D eigenvalue weighted by Gasteiger charge is -2.04. The zero-order valence-electron chi connectivity index (χ0n) is 11.3. The van der Waals surface area contributed by atoms with Crippen LogP contribution in [0.4, 0.5) is 0 Å². The lowest BCUT2D eigenvalue weighted by Crippen LogP contribution is -2.25. The first-order valence-electron chi connectivity index (χ1n) is 6.28. The van der Waals surface area contributed by atoms with Crippen LogP contribution < -0.4 is 10.5 Å². The molecule has 0 aliphatic heterocycles. The van der Waals surface area contributed by atoms with Gasteiger partial charge in [-0.15, -0.1) is 0 Å². The maximum Gasteiger partial charge on any atom is 0.242 e. The molecule has 2 aromatic rings. The van der Waals surface area contributed by atoms with E-state index in [1.54, 1.807) is 30.1 Å². The van der Waals surface area contributed by atoms with Gasteiger partial charge in [0.05, 0.1) is 4.90 Å². The molecule has 0 radical (unpaired) electrons. The number of nitrogens with one attached hydrogen (secondary N) is 1. The van der Waals surface area contributed by atoms with Crippen molar-refractivity contribution in [3.05, 3.63) is 48.0 Å². The molecule has 0 atom stereocenters. The Labute approximate surface area is 118 Å². The summed E-state index contributed by atoms with van der Waals surface area (Å²) in [5.74, 6) is 0. The average molecular weight is 294 g/mol. The molecule has 20 heavy (non-hydrogen) atoms. The van der Waals surface area contributed by atoms with Crippen LogP contribution in [0.15, 0.2) is 41.6 Å². The van der Waals surface area contributed by atoms with Crippen LogP contribution >= 0.6 is 0 Å². The van der Waals surface area contributed by atoms with Crippen molar-refractivity contribution in [3.8, 4) is 0 Å². The Kier molecular flexibility index (Phi) is 4.53. The van der Waals surface area contributed by atoms with E-state index in [9.17, 15) is 8.42 Å². The van der Waals surface area contributed by atoms with Gasteiger partial charge in [0.2, 0.25) is 10.0 Å². The third kappa shape index (κ3) is 3.44. The fourth-order valence-electron chi connectivity index (χ4n) is 1.87. The fraction of sp³-hybridized carbons (Fsp3) is 0.308. The van der Waals surface area contributed by atoms with Crippen molar-refractivity contribution in [1.29, 1.82) is 0 Å². The number of hydrogen-bond acceptors (Lipinski definition) is 4. The minimum atomic E-state index is -3.50. The van der Waals surface area contributed by atoms with Crippen molar-refractivity contribution in [2.24, 2.45) is 12.8 Å². The highest BCUT2D eigenvalue weighted by atomic mass is 32.2. The van der Waals surface area contributed by atoms with Gasteiger partial charge in [0.25, 0.3) is 0 Å². The van der Waals surface area contributed by atoms with Gasteiger partial charge in [-0.25, -0.2) is 13.1 Å². The number of nitrogens with zero attached hydrogens (tertiary/aromatic N) is 2.